The number of hydrogen-bond acceptors (Lipinski definition) is 4. The number of aliphatic hydroxyl groups excluding tert-OH is 1. The molecule has 0 saturated heterocycles. The molecule has 0 saturated carbocycles. The van der Waals surface area contributed by atoms with Crippen LogP contribution in [-0.2, 0) is 6.42 Å². The zero-order valence-corrected chi connectivity index (χ0v) is 10.2. The van der Waals surface area contributed by atoms with Gasteiger partial charge >= 0.3 is 0 Å². The van der Waals surface area contributed by atoms with Gasteiger partial charge in [-0.3, -0.25) is 0 Å². The van der Waals surface area contributed by atoms with Crippen LogP contribution in [0.5, 0.6) is 5.88 Å². The van der Waals surface area contributed by atoms with E-state index in [1.54, 1.807) is 0 Å². The molecule has 1 aromatic carbocycles. The lowest BCUT2D eigenvalue weighted by molar-refractivity contribution is 0.171. The van der Waals surface area contributed by atoms with Crippen molar-refractivity contribution in [3.05, 3.63) is 53.5 Å². The molecule has 1 aromatic heterocycles. The molecule has 1 N–H and O–H groups in total. The number of aromatic nitrogens is 2. The molecule has 0 fully saturated rings. The van der Waals surface area contributed by atoms with Crippen molar-refractivity contribution < 1.29 is 18.6 Å². The molecule has 100 valence electrons. The Labute approximate surface area is 108 Å². The maximum atomic E-state index is 13.5. The third-order valence-electron chi connectivity index (χ3n) is 2.63. The standard InChI is InChI=1S/C13H12F2N2O2/c1-19-13-6-9(16-7-17-13)5-12(18)10-4-8(14)2-3-11(10)15/h2-4,6-7,12,18H,5H2,1H3. The molecule has 0 aliphatic rings. The maximum Gasteiger partial charge on any atom is 0.216 e. The zero-order chi connectivity index (χ0) is 13.8. The second-order valence-electron chi connectivity index (χ2n) is 3.94. The van der Waals surface area contributed by atoms with Gasteiger partial charge in [0.15, 0.2) is 0 Å². The Balaban J connectivity index is 2.20. The first-order valence-electron chi connectivity index (χ1n) is 5.58. The van der Waals surface area contributed by atoms with Gasteiger partial charge in [0.05, 0.1) is 18.9 Å². The number of aliphatic hydroxyl groups is 1. The van der Waals surface area contributed by atoms with Crippen LogP contribution in [0.25, 0.3) is 0 Å². The molecule has 0 radical (unpaired) electrons. The van der Waals surface area contributed by atoms with E-state index in [-0.39, 0.29) is 12.0 Å². The number of nitrogens with zero attached hydrogens (tertiary/aromatic N) is 2. The van der Waals surface area contributed by atoms with Crippen molar-refractivity contribution in [2.75, 3.05) is 7.11 Å². The third-order valence-corrected chi connectivity index (χ3v) is 2.63. The maximum absolute atomic E-state index is 13.5. The van der Waals surface area contributed by atoms with Gasteiger partial charge in [-0.15, -0.1) is 0 Å². The average molecular weight is 266 g/mol. The second kappa shape index (κ2) is 5.71. The summed E-state index contributed by atoms with van der Waals surface area (Å²) in [6.07, 6.45) is 0.137. The number of rotatable bonds is 4. The predicted molar refractivity (Wildman–Crippen MR) is 63.6 cm³/mol. The van der Waals surface area contributed by atoms with E-state index in [4.69, 9.17) is 4.74 Å². The van der Waals surface area contributed by atoms with Crippen molar-refractivity contribution in [2.24, 2.45) is 0 Å². The molecule has 19 heavy (non-hydrogen) atoms. The van der Waals surface area contributed by atoms with Crippen molar-refractivity contribution in [1.82, 2.24) is 9.97 Å². The Morgan fingerprint density at radius 3 is 2.79 bits per heavy atom. The molecule has 2 rings (SSSR count). The van der Waals surface area contributed by atoms with Gasteiger partial charge in [0.2, 0.25) is 5.88 Å². The van der Waals surface area contributed by atoms with Crippen LogP contribution in [-0.4, -0.2) is 22.2 Å². The summed E-state index contributed by atoms with van der Waals surface area (Å²) in [5.74, 6) is -0.914. The van der Waals surface area contributed by atoms with E-state index in [2.05, 4.69) is 9.97 Å². The normalized spacial score (nSPS) is 12.2. The Kier molecular flexibility index (Phi) is 4.01. The third kappa shape index (κ3) is 3.23. The van der Waals surface area contributed by atoms with E-state index in [1.165, 1.54) is 19.5 Å². The van der Waals surface area contributed by atoms with Gasteiger partial charge in [0, 0.05) is 18.1 Å². The summed E-state index contributed by atoms with van der Waals surface area (Å²) in [6.45, 7) is 0. The summed E-state index contributed by atoms with van der Waals surface area (Å²) in [6, 6.07) is 4.48. The molecule has 1 atom stereocenters. The van der Waals surface area contributed by atoms with E-state index in [0.29, 0.717) is 11.6 Å². The lowest BCUT2D eigenvalue weighted by atomic mass is 10.0. The summed E-state index contributed by atoms with van der Waals surface area (Å²) in [7, 11) is 1.45. The van der Waals surface area contributed by atoms with E-state index in [9.17, 15) is 13.9 Å². The van der Waals surface area contributed by atoms with Crippen LogP contribution >= 0.6 is 0 Å². The Morgan fingerprint density at radius 2 is 2.05 bits per heavy atom. The molecule has 0 aliphatic heterocycles. The fourth-order valence-electron chi connectivity index (χ4n) is 1.68. The first-order chi connectivity index (χ1) is 9.10. The van der Waals surface area contributed by atoms with Crippen molar-refractivity contribution in [2.45, 2.75) is 12.5 Å². The molecule has 0 aliphatic carbocycles. The monoisotopic (exact) mass is 266 g/mol. The van der Waals surface area contributed by atoms with Crippen molar-refractivity contribution in [3.63, 3.8) is 0 Å². The van der Waals surface area contributed by atoms with Crippen LogP contribution in [0, 0.1) is 11.6 Å². The van der Waals surface area contributed by atoms with Crippen molar-refractivity contribution in [3.8, 4) is 5.88 Å². The molecule has 6 heteroatoms. The minimum absolute atomic E-state index is 0.0409. The first-order valence-corrected chi connectivity index (χ1v) is 5.58. The number of methoxy groups -OCH3 is 1. The number of benzene rings is 1. The quantitative estimate of drug-likeness (QED) is 0.920. The molecule has 1 unspecified atom stereocenters. The fraction of sp³-hybridized carbons (Fsp3) is 0.231. The van der Waals surface area contributed by atoms with Crippen LogP contribution in [0.2, 0.25) is 0 Å². The van der Waals surface area contributed by atoms with Gasteiger partial charge in [-0.2, -0.15) is 0 Å². The largest absolute Gasteiger partial charge is 0.481 e. The highest BCUT2D eigenvalue weighted by atomic mass is 19.1. The Bertz CT molecular complexity index is 578. The Morgan fingerprint density at radius 1 is 1.26 bits per heavy atom. The van der Waals surface area contributed by atoms with Gasteiger partial charge in [-0.05, 0) is 18.2 Å². The lowest BCUT2D eigenvalue weighted by Gasteiger charge is -2.12. The van der Waals surface area contributed by atoms with E-state index < -0.39 is 17.7 Å². The Hall–Kier alpha value is -2.08. The average Bonchev–Trinajstić information content (AvgIpc) is 2.41. The van der Waals surface area contributed by atoms with Gasteiger partial charge in [-0.1, -0.05) is 0 Å². The highest BCUT2D eigenvalue weighted by molar-refractivity contribution is 5.23. The molecule has 4 nitrogen and oxygen atoms in total. The summed E-state index contributed by atoms with van der Waals surface area (Å²) in [5.41, 5.74) is 0.376. The van der Waals surface area contributed by atoms with Gasteiger partial charge in [0.1, 0.15) is 18.0 Å². The van der Waals surface area contributed by atoms with Crippen LogP contribution in [0.4, 0.5) is 8.78 Å². The zero-order valence-electron chi connectivity index (χ0n) is 10.2. The van der Waals surface area contributed by atoms with Gasteiger partial charge < -0.3 is 9.84 Å². The number of ether oxygens (including phenoxy) is 1. The second-order valence-corrected chi connectivity index (χ2v) is 3.94. The minimum atomic E-state index is -1.18. The molecular formula is C13H12F2N2O2. The molecule has 0 amide bonds. The highest BCUT2D eigenvalue weighted by Crippen LogP contribution is 2.22. The summed E-state index contributed by atoms with van der Waals surface area (Å²) in [4.78, 5) is 7.76. The smallest absolute Gasteiger partial charge is 0.216 e. The molecule has 2 aromatic rings. The lowest BCUT2D eigenvalue weighted by Crippen LogP contribution is -2.06. The number of halogens is 2. The van der Waals surface area contributed by atoms with Crippen LogP contribution < -0.4 is 4.74 Å². The molecule has 0 bridgehead atoms. The topological polar surface area (TPSA) is 55.2 Å². The van der Waals surface area contributed by atoms with Gasteiger partial charge in [0.25, 0.3) is 0 Å². The molecular weight excluding hydrogens is 254 g/mol. The molecule has 0 spiro atoms. The highest BCUT2D eigenvalue weighted by Gasteiger charge is 2.15. The van der Waals surface area contributed by atoms with Crippen LogP contribution in [0.15, 0.2) is 30.6 Å². The van der Waals surface area contributed by atoms with Gasteiger partial charge in [-0.25, -0.2) is 18.7 Å². The SMILES string of the molecule is COc1cc(CC(O)c2cc(F)ccc2F)ncn1. The fourth-order valence-corrected chi connectivity index (χ4v) is 1.68. The van der Waals surface area contributed by atoms with E-state index >= 15 is 0 Å². The summed E-state index contributed by atoms with van der Waals surface area (Å²) < 4.78 is 31.4. The predicted octanol–water partition coefficient (Wildman–Crippen LogP) is 2.04. The minimum Gasteiger partial charge on any atom is -0.481 e. The van der Waals surface area contributed by atoms with E-state index in [0.717, 1.165) is 18.2 Å². The van der Waals surface area contributed by atoms with Crippen LogP contribution in [0.3, 0.4) is 0 Å². The van der Waals surface area contributed by atoms with Crippen LogP contribution in [0.1, 0.15) is 17.4 Å². The molecule has 1 heterocycles. The summed E-state index contributed by atoms with van der Waals surface area (Å²) in [5, 5.41) is 9.93. The van der Waals surface area contributed by atoms with Crippen molar-refractivity contribution >= 4 is 0 Å². The van der Waals surface area contributed by atoms with E-state index in [1.807, 2.05) is 0 Å². The number of hydrogen-bond donors (Lipinski definition) is 1. The van der Waals surface area contributed by atoms with Crippen molar-refractivity contribution in [1.29, 1.82) is 0 Å². The summed E-state index contributed by atoms with van der Waals surface area (Å²) >= 11 is 0. The first kappa shape index (κ1) is 13.4.